The molecule has 6 heteroatoms. The van der Waals surface area contributed by atoms with Gasteiger partial charge < -0.3 is 9.61 Å². The third kappa shape index (κ3) is 9.06. The number of aliphatic imine (C=N–C) groups is 1. The minimum absolute atomic E-state index is 0.518. The van der Waals surface area contributed by atoms with E-state index in [1.54, 1.807) is 17.7 Å². The molecular weight excluding hydrogens is 271 g/mol. The van der Waals surface area contributed by atoms with E-state index in [1.165, 1.54) is 0 Å². The van der Waals surface area contributed by atoms with Gasteiger partial charge in [0, 0.05) is 11.8 Å². The lowest BCUT2D eigenvalue weighted by molar-refractivity contribution is 0.356. The molecule has 0 aliphatic heterocycles. The Morgan fingerprint density at radius 1 is 1.41 bits per heavy atom. The first-order valence-corrected chi connectivity index (χ1v) is 10.5. The molecule has 0 aromatic rings. The molecule has 0 aliphatic rings. The van der Waals surface area contributed by atoms with E-state index < -0.39 is 5.62 Å². The second kappa shape index (κ2) is 10.4. The molecule has 0 aliphatic carbocycles. The van der Waals surface area contributed by atoms with Gasteiger partial charge >= 0.3 is 0 Å². The summed E-state index contributed by atoms with van der Waals surface area (Å²) in [4.78, 5) is 4.25. The van der Waals surface area contributed by atoms with Crippen LogP contribution in [0.5, 0.6) is 0 Å². The second-order valence-electron chi connectivity index (χ2n) is 3.82. The smallest absolute Gasteiger partial charge is 0.211 e. The van der Waals surface area contributed by atoms with Gasteiger partial charge in [-0.2, -0.15) is 0 Å². The van der Waals surface area contributed by atoms with Crippen LogP contribution in [0.4, 0.5) is 0 Å². The van der Waals surface area contributed by atoms with Gasteiger partial charge in [0.15, 0.2) is 0 Å². The van der Waals surface area contributed by atoms with Gasteiger partial charge in [-0.1, -0.05) is 39.1 Å². The number of hydrogen-bond donors (Lipinski definition) is 1. The molecule has 102 valence electrons. The first-order valence-electron chi connectivity index (χ1n) is 6.27. The molecule has 3 nitrogen and oxygen atoms in total. The molecule has 0 fully saturated rings. The van der Waals surface area contributed by atoms with Crippen LogP contribution in [-0.2, 0) is 16.3 Å². The van der Waals surface area contributed by atoms with Crippen molar-refractivity contribution in [2.45, 2.75) is 52.2 Å². The van der Waals surface area contributed by atoms with Gasteiger partial charge in [0.1, 0.15) is 0 Å². The molecule has 0 radical (unpaired) electrons. The van der Waals surface area contributed by atoms with Crippen LogP contribution in [0.25, 0.3) is 0 Å². The predicted octanol–water partition coefficient (Wildman–Crippen LogP) is 4.20. The highest BCUT2D eigenvalue weighted by atomic mass is 32.9. The summed E-state index contributed by atoms with van der Waals surface area (Å²) in [6.07, 6.45) is 4.88. The summed E-state index contributed by atoms with van der Waals surface area (Å²) in [7, 11) is 0. The van der Waals surface area contributed by atoms with Gasteiger partial charge in [-0.25, -0.2) is 0 Å². The zero-order chi connectivity index (χ0) is 13.1. The largest absolute Gasteiger partial charge is 0.326 e. The fourth-order valence-corrected chi connectivity index (χ4v) is 6.68. The van der Waals surface area contributed by atoms with Gasteiger partial charge in [-0.3, -0.25) is 4.99 Å². The van der Waals surface area contributed by atoms with Crippen LogP contribution in [0.15, 0.2) is 4.99 Å². The molecular formula is C11H25N2OPS2. The van der Waals surface area contributed by atoms with E-state index in [0.29, 0.717) is 5.25 Å². The molecule has 1 N–H and O–H groups in total. The number of hydrogen-bond acceptors (Lipinski definition) is 4. The van der Waals surface area contributed by atoms with Crippen LogP contribution in [0.3, 0.4) is 0 Å². The zero-order valence-electron chi connectivity index (χ0n) is 11.3. The maximum atomic E-state index is 5.82. The molecule has 0 aromatic heterocycles. The summed E-state index contributed by atoms with van der Waals surface area (Å²) in [6, 6.07) is 0. The number of nitrogens with one attached hydrogen (secondary N) is 1. The summed E-state index contributed by atoms with van der Waals surface area (Å²) < 4.78 is 5.82. The van der Waals surface area contributed by atoms with Crippen LogP contribution in [-0.4, -0.2) is 24.7 Å². The van der Waals surface area contributed by atoms with Crippen molar-refractivity contribution < 1.29 is 4.52 Å². The van der Waals surface area contributed by atoms with Crippen molar-refractivity contribution in [3.8, 4) is 0 Å². The normalized spacial score (nSPS) is 16.9. The van der Waals surface area contributed by atoms with Gasteiger partial charge in [0.2, 0.25) is 5.62 Å². The minimum atomic E-state index is -2.00. The SMILES string of the molecule is CCCN=CNP(=S)(OCCC)SC(C)CC. The van der Waals surface area contributed by atoms with Crippen molar-refractivity contribution in [1.29, 1.82) is 0 Å². The highest BCUT2D eigenvalue weighted by Gasteiger charge is 2.20. The molecule has 0 amide bonds. The van der Waals surface area contributed by atoms with Crippen molar-refractivity contribution in [3.05, 3.63) is 0 Å². The van der Waals surface area contributed by atoms with E-state index in [0.717, 1.165) is 32.4 Å². The quantitative estimate of drug-likeness (QED) is 0.372. The van der Waals surface area contributed by atoms with E-state index in [2.05, 4.69) is 37.8 Å². The van der Waals surface area contributed by atoms with Crippen LogP contribution in [0.1, 0.15) is 47.0 Å². The first-order chi connectivity index (χ1) is 8.08. The molecule has 0 saturated heterocycles. The van der Waals surface area contributed by atoms with Gasteiger partial charge in [-0.05, 0) is 31.1 Å². The van der Waals surface area contributed by atoms with Gasteiger partial charge in [0.05, 0.1) is 12.9 Å². The van der Waals surface area contributed by atoms with E-state index in [9.17, 15) is 0 Å². The highest BCUT2D eigenvalue weighted by Crippen LogP contribution is 2.58. The molecule has 0 spiro atoms. The fourth-order valence-electron chi connectivity index (χ4n) is 0.926. The second-order valence-corrected chi connectivity index (χ2v) is 10.8. The predicted molar refractivity (Wildman–Crippen MR) is 84.7 cm³/mol. The monoisotopic (exact) mass is 296 g/mol. The zero-order valence-corrected chi connectivity index (χ0v) is 13.8. The standard InChI is InChI=1S/C11H25N2OPS2/c1-5-8-12-10-13-15(16,14-9-6-2)17-11(4)7-3/h10-11H,5-9H2,1-4H3,(H,12,13,16). The van der Waals surface area contributed by atoms with Gasteiger partial charge in [-0.15, -0.1) is 0 Å². The van der Waals surface area contributed by atoms with E-state index in [4.69, 9.17) is 16.3 Å². The Balaban J connectivity index is 4.33. The molecule has 0 heterocycles. The van der Waals surface area contributed by atoms with Gasteiger partial charge in [0.25, 0.3) is 0 Å². The molecule has 17 heavy (non-hydrogen) atoms. The summed E-state index contributed by atoms with van der Waals surface area (Å²) in [5, 5.41) is 3.72. The van der Waals surface area contributed by atoms with Crippen molar-refractivity contribution in [2.24, 2.45) is 4.99 Å². The lowest BCUT2D eigenvalue weighted by Crippen LogP contribution is -2.11. The summed E-state index contributed by atoms with van der Waals surface area (Å²) >= 11 is 7.36. The van der Waals surface area contributed by atoms with Crippen molar-refractivity contribution in [2.75, 3.05) is 13.2 Å². The molecule has 0 rings (SSSR count). The van der Waals surface area contributed by atoms with Crippen molar-refractivity contribution in [3.63, 3.8) is 0 Å². The third-order valence-corrected chi connectivity index (χ3v) is 7.90. The van der Waals surface area contributed by atoms with E-state index >= 15 is 0 Å². The minimum Gasteiger partial charge on any atom is -0.326 e. The maximum Gasteiger partial charge on any atom is 0.211 e. The lowest BCUT2D eigenvalue weighted by atomic mass is 10.4. The summed E-state index contributed by atoms with van der Waals surface area (Å²) in [6.45, 7) is 10.1. The lowest BCUT2D eigenvalue weighted by Gasteiger charge is -2.23. The first kappa shape index (κ1) is 17.4. The summed E-state index contributed by atoms with van der Waals surface area (Å²) in [5.41, 5.74) is -2.00. The topological polar surface area (TPSA) is 33.6 Å². The highest BCUT2D eigenvalue weighted by molar-refractivity contribution is 8.69. The summed E-state index contributed by atoms with van der Waals surface area (Å²) in [5.74, 6) is 0. The van der Waals surface area contributed by atoms with E-state index in [1.807, 2.05) is 0 Å². The average molecular weight is 296 g/mol. The van der Waals surface area contributed by atoms with Crippen molar-refractivity contribution >= 4 is 35.1 Å². The molecule has 0 saturated carbocycles. The Morgan fingerprint density at radius 3 is 2.65 bits per heavy atom. The van der Waals surface area contributed by atoms with Crippen LogP contribution in [0, 0.1) is 0 Å². The molecule has 0 aromatic carbocycles. The Morgan fingerprint density at radius 2 is 2.12 bits per heavy atom. The molecule has 2 unspecified atom stereocenters. The Kier molecular flexibility index (Phi) is 10.6. The number of rotatable bonds is 10. The Hall–Kier alpha value is 0.430. The number of nitrogens with zero attached hydrogens (tertiary/aromatic N) is 1. The average Bonchev–Trinajstić information content (AvgIpc) is 2.32. The third-order valence-electron chi connectivity index (χ3n) is 2.02. The van der Waals surface area contributed by atoms with Crippen LogP contribution < -0.4 is 5.09 Å². The van der Waals surface area contributed by atoms with Crippen LogP contribution >= 0.6 is 17.0 Å². The maximum absolute atomic E-state index is 5.82. The Bertz CT molecular complexity index is 262. The molecule has 2 atom stereocenters. The fraction of sp³-hybridized carbons (Fsp3) is 0.909. The van der Waals surface area contributed by atoms with Crippen LogP contribution in [0.2, 0.25) is 0 Å². The van der Waals surface area contributed by atoms with E-state index in [-0.39, 0.29) is 0 Å². The molecule has 0 bridgehead atoms. The van der Waals surface area contributed by atoms with Crippen molar-refractivity contribution in [1.82, 2.24) is 5.09 Å². The Labute approximate surface area is 115 Å².